The summed E-state index contributed by atoms with van der Waals surface area (Å²) in [7, 11) is 0. The van der Waals surface area contributed by atoms with Crippen LogP contribution in [0.15, 0.2) is 30.3 Å². The molecule has 3 heteroatoms. The zero-order valence-electron chi connectivity index (χ0n) is 7.31. The molecule has 1 aliphatic heterocycles. The van der Waals surface area contributed by atoms with Gasteiger partial charge in [0.25, 0.3) is 0 Å². The molecule has 0 aliphatic carbocycles. The topological polar surface area (TPSA) is 41.5 Å². The minimum atomic E-state index is -0.389. The molecule has 1 heterocycles. The van der Waals surface area contributed by atoms with Crippen LogP contribution >= 0.6 is 0 Å². The molecule has 70 valence electrons. The number of hydrogen-bond donors (Lipinski definition) is 2. The molecule has 0 radical (unpaired) electrons. The van der Waals surface area contributed by atoms with Crippen molar-refractivity contribution in [2.24, 2.45) is 0 Å². The fourth-order valence-corrected chi connectivity index (χ4v) is 1.44. The summed E-state index contributed by atoms with van der Waals surface area (Å²) in [5.41, 5.74) is 0. The second-order valence-corrected chi connectivity index (χ2v) is 3.19. The minimum absolute atomic E-state index is 0.109. The van der Waals surface area contributed by atoms with Crippen LogP contribution in [-0.2, 0) is 0 Å². The minimum Gasteiger partial charge on any atom is -0.486 e. The van der Waals surface area contributed by atoms with E-state index in [-0.39, 0.29) is 12.2 Å². The summed E-state index contributed by atoms with van der Waals surface area (Å²) in [6.45, 7) is 1.34. The number of nitrogens with one attached hydrogen (secondary N) is 1. The lowest BCUT2D eigenvalue weighted by Crippen LogP contribution is -2.29. The molecule has 13 heavy (non-hydrogen) atoms. The third-order valence-corrected chi connectivity index (χ3v) is 2.16. The first-order valence-corrected chi connectivity index (χ1v) is 4.47. The van der Waals surface area contributed by atoms with Crippen LogP contribution in [0.5, 0.6) is 5.75 Å². The van der Waals surface area contributed by atoms with Crippen molar-refractivity contribution in [1.29, 1.82) is 0 Å². The highest BCUT2D eigenvalue weighted by Crippen LogP contribution is 2.14. The standard InChI is InChI=1S/C10H13NO2/c12-9-6-11-7-10(9)13-8-4-2-1-3-5-8/h1-5,9-12H,6-7H2. The van der Waals surface area contributed by atoms with Crippen molar-refractivity contribution >= 4 is 0 Å². The average Bonchev–Trinajstić information content (AvgIpc) is 2.54. The van der Waals surface area contributed by atoms with Crippen molar-refractivity contribution in [3.63, 3.8) is 0 Å². The van der Waals surface area contributed by atoms with E-state index in [0.29, 0.717) is 6.54 Å². The van der Waals surface area contributed by atoms with E-state index >= 15 is 0 Å². The molecule has 2 atom stereocenters. The van der Waals surface area contributed by atoms with Crippen LogP contribution in [0.3, 0.4) is 0 Å². The molecule has 0 bridgehead atoms. The van der Waals surface area contributed by atoms with Crippen molar-refractivity contribution in [2.45, 2.75) is 12.2 Å². The first kappa shape index (κ1) is 8.53. The first-order chi connectivity index (χ1) is 6.36. The monoisotopic (exact) mass is 179 g/mol. The van der Waals surface area contributed by atoms with E-state index in [1.807, 2.05) is 30.3 Å². The van der Waals surface area contributed by atoms with E-state index in [1.54, 1.807) is 0 Å². The lowest BCUT2D eigenvalue weighted by atomic mass is 10.2. The summed E-state index contributed by atoms with van der Waals surface area (Å²) < 4.78 is 5.58. The van der Waals surface area contributed by atoms with E-state index < -0.39 is 0 Å². The van der Waals surface area contributed by atoms with E-state index in [0.717, 1.165) is 12.3 Å². The molecule has 0 amide bonds. The fourth-order valence-electron chi connectivity index (χ4n) is 1.44. The summed E-state index contributed by atoms with van der Waals surface area (Å²) in [5.74, 6) is 0.815. The molecule has 3 nitrogen and oxygen atoms in total. The number of para-hydroxylation sites is 1. The van der Waals surface area contributed by atoms with E-state index in [2.05, 4.69) is 5.32 Å². The van der Waals surface area contributed by atoms with Gasteiger partial charge in [-0.2, -0.15) is 0 Å². The second-order valence-electron chi connectivity index (χ2n) is 3.19. The fraction of sp³-hybridized carbons (Fsp3) is 0.400. The Bertz CT molecular complexity index is 263. The van der Waals surface area contributed by atoms with Crippen molar-refractivity contribution < 1.29 is 9.84 Å². The number of aliphatic hydroxyl groups excluding tert-OH is 1. The van der Waals surface area contributed by atoms with Gasteiger partial charge < -0.3 is 15.2 Å². The van der Waals surface area contributed by atoms with Crippen molar-refractivity contribution in [1.82, 2.24) is 5.32 Å². The van der Waals surface area contributed by atoms with Gasteiger partial charge in [0, 0.05) is 13.1 Å². The molecule has 1 saturated heterocycles. The average molecular weight is 179 g/mol. The summed E-state index contributed by atoms with van der Waals surface area (Å²) in [5, 5.41) is 12.5. The summed E-state index contributed by atoms with van der Waals surface area (Å²) in [4.78, 5) is 0. The molecular formula is C10H13NO2. The highest BCUT2D eigenvalue weighted by molar-refractivity contribution is 5.21. The Morgan fingerprint density at radius 1 is 1.23 bits per heavy atom. The van der Waals surface area contributed by atoms with E-state index in [9.17, 15) is 5.11 Å². The Kier molecular flexibility index (Phi) is 2.47. The smallest absolute Gasteiger partial charge is 0.138 e. The zero-order valence-corrected chi connectivity index (χ0v) is 7.31. The number of ether oxygens (including phenoxy) is 1. The lowest BCUT2D eigenvalue weighted by Gasteiger charge is -2.15. The summed E-state index contributed by atoms with van der Waals surface area (Å²) >= 11 is 0. The van der Waals surface area contributed by atoms with Gasteiger partial charge >= 0.3 is 0 Å². The molecule has 2 unspecified atom stereocenters. The SMILES string of the molecule is OC1CNCC1Oc1ccccc1. The normalized spacial score (nSPS) is 27.5. The van der Waals surface area contributed by atoms with Gasteiger partial charge in [-0.15, -0.1) is 0 Å². The highest BCUT2D eigenvalue weighted by atomic mass is 16.5. The Balaban J connectivity index is 1.98. The molecular weight excluding hydrogens is 166 g/mol. The van der Waals surface area contributed by atoms with Crippen LogP contribution in [0.1, 0.15) is 0 Å². The van der Waals surface area contributed by atoms with Gasteiger partial charge in [-0.3, -0.25) is 0 Å². The van der Waals surface area contributed by atoms with Crippen LogP contribution < -0.4 is 10.1 Å². The maximum absolute atomic E-state index is 9.46. The molecule has 2 N–H and O–H groups in total. The number of aliphatic hydroxyl groups is 1. The zero-order chi connectivity index (χ0) is 9.10. The number of β-amino-alcohol motifs (C(OH)–C–C–N with tert-alkyl or cyclic N) is 1. The Hall–Kier alpha value is -1.06. The van der Waals surface area contributed by atoms with Gasteiger partial charge in [0.1, 0.15) is 18.0 Å². The number of hydrogen-bond acceptors (Lipinski definition) is 3. The van der Waals surface area contributed by atoms with Gasteiger partial charge in [0.15, 0.2) is 0 Å². The Morgan fingerprint density at radius 2 is 2.00 bits per heavy atom. The van der Waals surface area contributed by atoms with Crippen molar-refractivity contribution in [3.05, 3.63) is 30.3 Å². The summed E-state index contributed by atoms with van der Waals surface area (Å²) in [6.07, 6.45) is -0.498. The molecule has 1 aliphatic rings. The first-order valence-electron chi connectivity index (χ1n) is 4.47. The van der Waals surface area contributed by atoms with Gasteiger partial charge in [-0.25, -0.2) is 0 Å². The molecule has 0 saturated carbocycles. The van der Waals surface area contributed by atoms with Crippen LogP contribution in [-0.4, -0.2) is 30.4 Å². The van der Waals surface area contributed by atoms with E-state index in [4.69, 9.17) is 4.74 Å². The Labute approximate surface area is 77.3 Å². The number of benzene rings is 1. The maximum atomic E-state index is 9.46. The molecule has 1 aromatic rings. The van der Waals surface area contributed by atoms with Gasteiger partial charge in [0.05, 0.1) is 0 Å². The van der Waals surface area contributed by atoms with Crippen molar-refractivity contribution in [3.8, 4) is 5.75 Å². The van der Waals surface area contributed by atoms with Crippen LogP contribution in [0.4, 0.5) is 0 Å². The largest absolute Gasteiger partial charge is 0.486 e. The van der Waals surface area contributed by atoms with Crippen LogP contribution in [0.2, 0.25) is 0 Å². The molecule has 0 spiro atoms. The number of rotatable bonds is 2. The quantitative estimate of drug-likeness (QED) is 0.690. The third kappa shape index (κ3) is 1.99. The van der Waals surface area contributed by atoms with Gasteiger partial charge in [0.2, 0.25) is 0 Å². The molecule has 0 aromatic heterocycles. The van der Waals surface area contributed by atoms with Gasteiger partial charge in [-0.1, -0.05) is 18.2 Å². The predicted octanol–water partition coefficient (Wildman–Crippen LogP) is 0.398. The summed E-state index contributed by atoms with van der Waals surface area (Å²) in [6, 6.07) is 9.57. The second kappa shape index (κ2) is 3.77. The highest BCUT2D eigenvalue weighted by Gasteiger charge is 2.26. The van der Waals surface area contributed by atoms with Crippen LogP contribution in [0.25, 0.3) is 0 Å². The molecule has 1 fully saturated rings. The molecule has 1 aromatic carbocycles. The van der Waals surface area contributed by atoms with Crippen molar-refractivity contribution in [2.75, 3.05) is 13.1 Å². The van der Waals surface area contributed by atoms with Gasteiger partial charge in [-0.05, 0) is 12.1 Å². The maximum Gasteiger partial charge on any atom is 0.138 e. The molecule has 2 rings (SSSR count). The predicted molar refractivity (Wildman–Crippen MR) is 49.7 cm³/mol. The third-order valence-electron chi connectivity index (χ3n) is 2.16. The Morgan fingerprint density at radius 3 is 2.62 bits per heavy atom. The van der Waals surface area contributed by atoms with Crippen LogP contribution in [0, 0.1) is 0 Å². The lowest BCUT2D eigenvalue weighted by molar-refractivity contribution is 0.0738. The van der Waals surface area contributed by atoms with E-state index in [1.165, 1.54) is 0 Å².